The molecule has 47 heavy (non-hydrogen) atoms. The van der Waals surface area contributed by atoms with Crippen LogP contribution < -0.4 is 20.3 Å². The van der Waals surface area contributed by atoms with Crippen molar-refractivity contribution in [3.05, 3.63) is 130 Å². The van der Waals surface area contributed by atoms with Crippen LogP contribution in [0, 0.1) is 5.82 Å². The molecule has 5 rings (SSSR count). The molecule has 0 radical (unpaired) electrons. The number of carbonyl (C=O) groups is 1. The number of hydrogen-bond acceptors (Lipinski definition) is 6. The molecule has 1 N–H and O–H groups in total. The van der Waals surface area contributed by atoms with Gasteiger partial charge in [-0.3, -0.25) is 9.59 Å². The third kappa shape index (κ3) is 7.72. The predicted octanol–water partition coefficient (Wildman–Crippen LogP) is 7.25. The number of nitrogens with one attached hydrogen (secondary N) is 1. The maximum atomic E-state index is 13.6. The minimum atomic E-state index is -4.61. The highest BCUT2D eigenvalue weighted by Gasteiger charge is 2.31. The molecule has 12 heteroatoms. The summed E-state index contributed by atoms with van der Waals surface area (Å²) in [5.74, 6) is -0.576. The first-order valence-electron chi connectivity index (χ1n) is 14.4. The van der Waals surface area contributed by atoms with E-state index in [1.54, 1.807) is 55.5 Å². The number of aromatic nitrogens is 2. The first kappa shape index (κ1) is 32.6. The van der Waals surface area contributed by atoms with Crippen molar-refractivity contribution < 1.29 is 31.8 Å². The van der Waals surface area contributed by atoms with Gasteiger partial charge in [0.15, 0.2) is 23.9 Å². The van der Waals surface area contributed by atoms with E-state index in [-0.39, 0.29) is 40.6 Å². The van der Waals surface area contributed by atoms with E-state index in [2.05, 4.69) is 22.0 Å². The normalized spacial score (nSPS) is 11.5. The highest BCUT2D eigenvalue weighted by Crippen LogP contribution is 2.34. The average molecular weight is 645 g/mol. The van der Waals surface area contributed by atoms with Gasteiger partial charge in [-0.2, -0.15) is 22.9 Å². The molecule has 5 aromatic rings. The van der Waals surface area contributed by atoms with Crippen LogP contribution >= 0.6 is 0 Å². The smallest absolute Gasteiger partial charge is 0.416 e. The number of nitrogens with zero attached hydrogens (tertiary/aromatic N) is 3. The molecule has 0 unspecified atom stereocenters. The lowest BCUT2D eigenvalue weighted by molar-refractivity contribution is -0.137. The minimum absolute atomic E-state index is 0.0439. The molecule has 0 aliphatic rings. The van der Waals surface area contributed by atoms with E-state index in [4.69, 9.17) is 9.47 Å². The second kappa shape index (κ2) is 14.1. The highest BCUT2D eigenvalue weighted by atomic mass is 19.4. The van der Waals surface area contributed by atoms with Crippen molar-refractivity contribution >= 4 is 28.7 Å². The lowest BCUT2D eigenvalue weighted by Gasteiger charge is -2.17. The van der Waals surface area contributed by atoms with Crippen molar-refractivity contribution in [3.63, 3.8) is 0 Å². The van der Waals surface area contributed by atoms with Gasteiger partial charge in [-0.1, -0.05) is 36.4 Å². The Morgan fingerprint density at radius 2 is 1.81 bits per heavy atom. The standard InChI is InChI=1S/C35H28F4N4O4/c1-3-9-23-16-22(17-30(46-4-2)32(23)47-21-31(44)41-27-13-8-12-26(36)19-27)20-40-43-33(24-10-7-11-25(18-24)35(37,38)39)42-29-15-6-5-14-28(29)34(43)45/h3,5-8,10-20H,1,4,9,21H2,2H3,(H,41,44). The third-order valence-corrected chi connectivity index (χ3v) is 6.80. The van der Waals surface area contributed by atoms with Crippen LogP contribution in [0.5, 0.6) is 11.5 Å². The Morgan fingerprint density at radius 1 is 1.02 bits per heavy atom. The molecule has 0 aliphatic carbocycles. The number of alkyl halides is 3. The van der Waals surface area contributed by atoms with Crippen molar-refractivity contribution in [3.8, 4) is 22.9 Å². The Balaban J connectivity index is 1.53. The fraction of sp³-hybridized carbons (Fsp3) is 0.143. The number of benzene rings is 4. The number of para-hydroxylation sites is 1. The molecule has 0 fully saturated rings. The summed E-state index contributed by atoms with van der Waals surface area (Å²) in [5.41, 5.74) is 0.159. The summed E-state index contributed by atoms with van der Waals surface area (Å²) in [7, 11) is 0. The van der Waals surface area contributed by atoms with Crippen LogP contribution in [0.1, 0.15) is 23.6 Å². The Bertz CT molecular complexity index is 2040. The van der Waals surface area contributed by atoms with Gasteiger partial charge < -0.3 is 14.8 Å². The molecule has 240 valence electrons. The van der Waals surface area contributed by atoms with Gasteiger partial charge in [-0.15, -0.1) is 6.58 Å². The molecule has 0 saturated carbocycles. The molecular formula is C35H28F4N4O4. The predicted molar refractivity (Wildman–Crippen MR) is 171 cm³/mol. The molecule has 0 atom stereocenters. The molecule has 0 saturated heterocycles. The molecular weight excluding hydrogens is 616 g/mol. The maximum Gasteiger partial charge on any atom is 0.416 e. The van der Waals surface area contributed by atoms with Crippen LogP contribution in [-0.4, -0.2) is 35.0 Å². The van der Waals surface area contributed by atoms with E-state index in [0.29, 0.717) is 23.1 Å². The van der Waals surface area contributed by atoms with Gasteiger partial charge in [0.2, 0.25) is 0 Å². The summed E-state index contributed by atoms with van der Waals surface area (Å²) >= 11 is 0. The SMILES string of the molecule is C=CCc1cc(C=Nn2c(-c3cccc(C(F)(F)F)c3)nc3ccccc3c2=O)cc(OCC)c1OCC(=O)Nc1cccc(F)c1. The van der Waals surface area contributed by atoms with E-state index in [1.165, 1.54) is 36.5 Å². The first-order valence-corrected chi connectivity index (χ1v) is 14.4. The highest BCUT2D eigenvalue weighted by molar-refractivity contribution is 5.92. The number of halogens is 4. The Hall–Kier alpha value is -5.78. The van der Waals surface area contributed by atoms with Gasteiger partial charge in [0.25, 0.3) is 11.5 Å². The third-order valence-electron chi connectivity index (χ3n) is 6.80. The van der Waals surface area contributed by atoms with Gasteiger partial charge in [0, 0.05) is 16.8 Å². The molecule has 0 aliphatic heterocycles. The van der Waals surface area contributed by atoms with E-state index in [1.807, 2.05) is 0 Å². The zero-order chi connectivity index (χ0) is 33.6. The summed E-state index contributed by atoms with van der Waals surface area (Å²) in [6.07, 6.45) is -1.34. The number of carbonyl (C=O) groups excluding carboxylic acids is 1. The second-order valence-corrected chi connectivity index (χ2v) is 10.2. The van der Waals surface area contributed by atoms with Gasteiger partial charge in [0.1, 0.15) is 5.82 Å². The molecule has 1 amide bonds. The number of fused-ring (bicyclic) bond motifs is 1. The van der Waals surface area contributed by atoms with Crippen molar-refractivity contribution in [2.45, 2.75) is 19.5 Å². The second-order valence-electron chi connectivity index (χ2n) is 10.2. The number of amides is 1. The van der Waals surface area contributed by atoms with E-state index in [0.717, 1.165) is 16.8 Å². The molecule has 4 aromatic carbocycles. The molecule has 0 spiro atoms. The number of allylic oxidation sites excluding steroid dienone is 1. The summed E-state index contributed by atoms with van der Waals surface area (Å²) in [6, 6.07) is 19.7. The largest absolute Gasteiger partial charge is 0.490 e. The molecule has 8 nitrogen and oxygen atoms in total. The van der Waals surface area contributed by atoms with Crippen molar-refractivity contribution in [2.24, 2.45) is 5.10 Å². The zero-order valence-electron chi connectivity index (χ0n) is 25.1. The Labute approximate surface area is 266 Å². The van der Waals surface area contributed by atoms with Crippen molar-refractivity contribution in [2.75, 3.05) is 18.5 Å². The fourth-order valence-corrected chi connectivity index (χ4v) is 4.77. The summed E-state index contributed by atoms with van der Waals surface area (Å²) in [4.78, 5) is 30.6. The van der Waals surface area contributed by atoms with Crippen LogP contribution in [0.15, 0.2) is 107 Å². The van der Waals surface area contributed by atoms with Gasteiger partial charge in [0.05, 0.1) is 29.3 Å². The summed E-state index contributed by atoms with van der Waals surface area (Å²) < 4.78 is 66.8. The quantitative estimate of drug-likeness (QED) is 0.0929. The molecule has 1 aromatic heterocycles. The van der Waals surface area contributed by atoms with E-state index in [9.17, 15) is 27.2 Å². The molecule has 0 bridgehead atoms. The van der Waals surface area contributed by atoms with Gasteiger partial charge >= 0.3 is 6.18 Å². The number of ether oxygens (including phenoxy) is 2. The fourth-order valence-electron chi connectivity index (χ4n) is 4.77. The first-order chi connectivity index (χ1) is 22.6. The average Bonchev–Trinajstić information content (AvgIpc) is 3.04. The number of anilines is 1. The van der Waals surface area contributed by atoms with Crippen LogP contribution in [0.25, 0.3) is 22.3 Å². The van der Waals surface area contributed by atoms with Gasteiger partial charge in [-0.25, -0.2) is 9.37 Å². The van der Waals surface area contributed by atoms with Crippen LogP contribution in [-0.2, 0) is 17.4 Å². The van der Waals surface area contributed by atoms with Crippen LogP contribution in [0.2, 0.25) is 0 Å². The Kier molecular flexibility index (Phi) is 9.79. The summed E-state index contributed by atoms with van der Waals surface area (Å²) in [6.45, 7) is 5.38. The van der Waals surface area contributed by atoms with Gasteiger partial charge in [-0.05, 0) is 73.5 Å². The monoisotopic (exact) mass is 644 g/mol. The Morgan fingerprint density at radius 3 is 2.55 bits per heavy atom. The minimum Gasteiger partial charge on any atom is -0.490 e. The topological polar surface area (TPSA) is 94.8 Å². The molecule has 1 heterocycles. The lowest BCUT2D eigenvalue weighted by atomic mass is 10.1. The van der Waals surface area contributed by atoms with Crippen LogP contribution in [0.3, 0.4) is 0 Å². The maximum absolute atomic E-state index is 13.6. The number of hydrogen-bond donors (Lipinski definition) is 1. The number of rotatable bonds is 11. The lowest BCUT2D eigenvalue weighted by Crippen LogP contribution is -2.21. The van der Waals surface area contributed by atoms with Crippen LogP contribution in [0.4, 0.5) is 23.2 Å². The van der Waals surface area contributed by atoms with E-state index < -0.39 is 35.6 Å². The summed E-state index contributed by atoms with van der Waals surface area (Å²) in [5, 5.41) is 7.17. The zero-order valence-corrected chi connectivity index (χ0v) is 25.1. The van der Waals surface area contributed by atoms with Crippen molar-refractivity contribution in [1.29, 1.82) is 0 Å². The van der Waals surface area contributed by atoms with E-state index >= 15 is 0 Å². The van der Waals surface area contributed by atoms with Crippen molar-refractivity contribution in [1.82, 2.24) is 9.66 Å².